The lowest BCUT2D eigenvalue weighted by atomic mass is 10.1. The van der Waals surface area contributed by atoms with Crippen LogP contribution in [0.2, 0.25) is 0 Å². The zero-order valence-corrected chi connectivity index (χ0v) is 12.6. The minimum absolute atomic E-state index is 0.0412. The third-order valence-electron chi connectivity index (χ3n) is 3.51. The molecule has 0 radical (unpaired) electrons. The molecule has 6 heteroatoms. The van der Waals surface area contributed by atoms with Gasteiger partial charge in [0.2, 0.25) is 0 Å². The van der Waals surface area contributed by atoms with Crippen LogP contribution < -0.4 is 16.6 Å². The Morgan fingerprint density at radius 2 is 1.91 bits per heavy atom. The van der Waals surface area contributed by atoms with E-state index in [-0.39, 0.29) is 6.04 Å². The summed E-state index contributed by atoms with van der Waals surface area (Å²) < 4.78 is 1.05. The van der Waals surface area contributed by atoms with Crippen molar-refractivity contribution in [3.8, 4) is 5.69 Å². The molecule has 2 N–H and O–H groups in total. The second-order valence-electron chi connectivity index (χ2n) is 5.15. The van der Waals surface area contributed by atoms with E-state index in [0.717, 1.165) is 10.1 Å². The molecular weight excluding hydrogens is 292 g/mol. The number of pyridine rings is 1. The number of hydrogen-bond donors (Lipinski definition) is 2. The van der Waals surface area contributed by atoms with Gasteiger partial charge in [-0.25, -0.2) is 9.36 Å². The van der Waals surface area contributed by atoms with Gasteiger partial charge in [-0.2, -0.15) is 0 Å². The van der Waals surface area contributed by atoms with Crippen LogP contribution in [0.25, 0.3) is 5.69 Å². The fourth-order valence-corrected chi connectivity index (χ4v) is 2.36. The molecule has 3 rings (SSSR count). The first kappa shape index (κ1) is 14.8. The van der Waals surface area contributed by atoms with Gasteiger partial charge in [-0.15, -0.1) is 0 Å². The minimum atomic E-state index is -0.506. The van der Waals surface area contributed by atoms with Crippen LogP contribution in [0.5, 0.6) is 0 Å². The molecule has 2 aromatic heterocycles. The van der Waals surface area contributed by atoms with Crippen molar-refractivity contribution in [3.05, 3.63) is 87.3 Å². The summed E-state index contributed by atoms with van der Waals surface area (Å²) in [6.45, 7) is 1.96. The number of H-pyrrole nitrogens is 1. The Labute approximate surface area is 132 Å². The lowest BCUT2D eigenvalue weighted by molar-refractivity contribution is 0.834. The molecule has 3 aromatic rings. The Hall–Kier alpha value is -3.15. The molecule has 116 valence electrons. The van der Waals surface area contributed by atoms with Gasteiger partial charge in [0, 0.05) is 18.3 Å². The van der Waals surface area contributed by atoms with Gasteiger partial charge in [0.15, 0.2) is 0 Å². The number of aromatic amines is 1. The first-order valence-corrected chi connectivity index (χ1v) is 7.23. The number of rotatable bonds is 4. The molecule has 0 amide bonds. The largest absolute Gasteiger partial charge is 0.365 e. The van der Waals surface area contributed by atoms with Crippen LogP contribution in [-0.4, -0.2) is 14.5 Å². The van der Waals surface area contributed by atoms with Crippen LogP contribution in [0, 0.1) is 0 Å². The summed E-state index contributed by atoms with van der Waals surface area (Å²) >= 11 is 0. The van der Waals surface area contributed by atoms with Crippen molar-refractivity contribution in [1.29, 1.82) is 0 Å². The number of benzene rings is 1. The predicted molar refractivity (Wildman–Crippen MR) is 88.9 cm³/mol. The van der Waals surface area contributed by atoms with Gasteiger partial charge < -0.3 is 5.32 Å². The van der Waals surface area contributed by atoms with E-state index in [9.17, 15) is 9.59 Å². The first-order chi connectivity index (χ1) is 11.1. The van der Waals surface area contributed by atoms with Crippen molar-refractivity contribution in [2.45, 2.75) is 13.0 Å². The van der Waals surface area contributed by atoms with E-state index in [1.165, 1.54) is 12.3 Å². The highest BCUT2D eigenvalue weighted by Crippen LogP contribution is 2.15. The van der Waals surface area contributed by atoms with Crippen molar-refractivity contribution >= 4 is 5.82 Å². The fourth-order valence-electron chi connectivity index (χ4n) is 2.36. The van der Waals surface area contributed by atoms with E-state index in [1.54, 1.807) is 18.3 Å². The van der Waals surface area contributed by atoms with E-state index in [1.807, 2.05) is 37.3 Å². The summed E-state index contributed by atoms with van der Waals surface area (Å²) in [6, 6.07) is 14.4. The average Bonchev–Trinajstić information content (AvgIpc) is 2.56. The highest BCUT2D eigenvalue weighted by atomic mass is 16.2. The highest BCUT2D eigenvalue weighted by Gasteiger charge is 2.09. The van der Waals surface area contributed by atoms with E-state index in [2.05, 4.69) is 15.3 Å². The maximum absolute atomic E-state index is 12.3. The molecule has 0 unspecified atom stereocenters. The Morgan fingerprint density at radius 1 is 1.13 bits per heavy atom. The molecule has 1 aromatic carbocycles. The van der Waals surface area contributed by atoms with Crippen LogP contribution in [0.4, 0.5) is 5.82 Å². The van der Waals surface area contributed by atoms with Gasteiger partial charge in [-0.3, -0.25) is 14.8 Å². The van der Waals surface area contributed by atoms with Crippen molar-refractivity contribution in [2.75, 3.05) is 5.32 Å². The monoisotopic (exact) mass is 308 g/mol. The molecule has 0 spiro atoms. The Bertz CT molecular complexity index is 870. The van der Waals surface area contributed by atoms with Crippen LogP contribution in [0.15, 0.2) is 70.5 Å². The SMILES string of the molecule is C[C@H](Nc1cc(=O)n(-c2cccnc2)c(=O)[nH]1)c1ccccc1. The normalized spacial score (nSPS) is 11.9. The minimum Gasteiger partial charge on any atom is -0.365 e. The molecule has 0 aliphatic heterocycles. The molecule has 0 aliphatic rings. The molecule has 0 aliphatic carbocycles. The molecule has 0 fully saturated rings. The second kappa shape index (κ2) is 6.31. The third-order valence-corrected chi connectivity index (χ3v) is 3.51. The van der Waals surface area contributed by atoms with Crippen molar-refractivity contribution in [1.82, 2.24) is 14.5 Å². The zero-order chi connectivity index (χ0) is 16.2. The van der Waals surface area contributed by atoms with Crippen LogP contribution >= 0.6 is 0 Å². The lowest BCUT2D eigenvalue weighted by Crippen LogP contribution is -2.34. The lowest BCUT2D eigenvalue weighted by Gasteiger charge is -2.15. The van der Waals surface area contributed by atoms with Crippen LogP contribution in [0.3, 0.4) is 0 Å². The van der Waals surface area contributed by atoms with Gasteiger partial charge in [0.25, 0.3) is 5.56 Å². The van der Waals surface area contributed by atoms with Crippen molar-refractivity contribution in [2.24, 2.45) is 0 Å². The maximum atomic E-state index is 12.3. The molecule has 23 heavy (non-hydrogen) atoms. The van der Waals surface area contributed by atoms with E-state index >= 15 is 0 Å². The Morgan fingerprint density at radius 3 is 2.57 bits per heavy atom. The standard InChI is InChI=1S/C17H16N4O2/c1-12(13-6-3-2-4-7-13)19-15-10-16(22)21(17(23)20-15)14-8-5-9-18-11-14/h2-12,19H,1H3,(H,20,23)/t12-/m0/s1. The van der Waals surface area contributed by atoms with Gasteiger partial charge >= 0.3 is 5.69 Å². The number of hydrogen-bond acceptors (Lipinski definition) is 4. The number of anilines is 1. The average molecular weight is 308 g/mol. The third kappa shape index (κ3) is 3.21. The fraction of sp³-hybridized carbons (Fsp3) is 0.118. The molecule has 1 atom stereocenters. The maximum Gasteiger partial charge on any atom is 0.334 e. The van der Waals surface area contributed by atoms with Crippen LogP contribution in [-0.2, 0) is 0 Å². The molecule has 0 bridgehead atoms. The summed E-state index contributed by atoms with van der Waals surface area (Å²) in [5.74, 6) is 0.386. The molecule has 0 saturated heterocycles. The summed E-state index contributed by atoms with van der Waals surface area (Å²) in [5, 5.41) is 3.13. The molecule has 2 heterocycles. The quantitative estimate of drug-likeness (QED) is 0.773. The topological polar surface area (TPSA) is 79.8 Å². The summed E-state index contributed by atoms with van der Waals surface area (Å²) in [6.07, 6.45) is 3.05. The molecular formula is C17H16N4O2. The zero-order valence-electron chi connectivity index (χ0n) is 12.6. The van der Waals surface area contributed by atoms with Gasteiger partial charge in [0.1, 0.15) is 5.82 Å². The van der Waals surface area contributed by atoms with E-state index in [4.69, 9.17) is 0 Å². The molecule has 0 saturated carbocycles. The van der Waals surface area contributed by atoms with E-state index in [0.29, 0.717) is 11.5 Å². The molecule has 6 nitrogen and oxygen atoms in total. The van der Waals surface area contributed by atoms with Crippen molar-refractivity contribution in [3.63, 3.8) is 0 Å². The Kier molecular flexibility index (Phi) is 4.05. The Balaban J connectivity index is 1.92. The van der Waals surface area contributed by atoms with Gasteiger partial charge in [0.05, 0.1) is 11.9 Å². The first-order valence-electron chi connectivity index (χ1n) is 7.23. The smallest absolute Gasteiger partial charge is 0.334 e. The second-order valence-corrected chi connectivity index (χ2v) is 5.15. The highest BCUT2D eigenvalue weighted by molar-refractivity contribution is 5.38. The summed E-state index contributed by atoms with van der Waals surface area (Å²) in [4.78, 5) is 31.1. The summed E-state index contributed by atoms with van der Waals surface area (Å²) in [5.41, 5.74) is 0.573. The predicted octanol–water partition coefficient (Wildman–Crippen LogP) is 2.09. The number of nitrogens with one attached hydrogen (secondary N) is 2. The van der Waals surface area contributed by atoms with Crippen molar-refractivity contribution < 1.29 is 0 Å². The van der Waals surface area contributed by atoms with Gasteiger partial charge in [-0.05, 0) is 24.6 Å². The number of nitrogens with zero attached hydrogens (tertiary/aromatic N) is 2. The van der Waals surface area contributed by atoms with Crippen LogP contribution in [0.1, 0.15) is 18.5 Å². The van der Waals surface area contributed by atoms with Gasteiger partial charge in [-0.1, -0.05) is 30.3 Å². The summed E-state index contributed by atoms with van der Waals surface area (Å²) in [7, 11) is 0. The number of aromatic nitrogens is 3. The van der Waals surface area contributed by atoms with E-state index < -0.39 is 11.2 Å².